The molecule has 0 aliphatic heterocycles. The summed E-state index contributed by atoms with van der Waals surface area (Å²) in [6.45, 7) is 8.04. The summed E-state index contributed by atoms with van der Waals surface area (Å²) < 4.78 is 8.83. The Morgan fingerprint density at radius 3 is 2.46 bits per heavy atom. The third-order valence-corrected chi connectivity index (χ3v) is 4.71. The smallest absolute Gasteiger partial charge is 0.351 e. The molecule has 0 saturated heterocycles. The lowest BCUT2D eigenvalue weighted by Gasteiger charge is -2.11. The van der Waals surface area contributed by atoms with E-state index in [-0.39, 0.29) is 17.8 Å². The van der Waals surface area contributed by atoms with Gasteiger partial charge in [0.2, 0.25) is 0 Å². The van der Waals surface area contributed by atoms with E-state index in [4.69, 9.17) is 16.3 Å². The molecule has 148 valence electrons. The van der Waals surface area contributed by atoms with Crippen molar-refractivity contribution >= 4 is 11.6 Å². The standard InChI is InChI=1S/C21H25ClN4O2/c1-5-6-15(4)26-21(27)25(16-7-9-17(10-8-16)28-14(2)3)20(24-26)18-11-12-23-13-19(18)22/h7-15H,5-6H2,1-4H3. The molecule has 0 aliphatic carbocycles. The van der Waals surface area contributed by atoms with Crippen LogP contribution in [0.2, 0.25) is 5.02 Å². The van der Waals surface area contributed by atoms with Gasteiger partial charge in [-0.1, -0.05) is 24.9 Å². The lowest BCUT2D eigenvalue weighted by Crippen LogP contribution is -2.26. The maximum atomic E-state index is 13.2. The summed E-state index contributed by atoms with van der Waals surface area (Å²) in [7, 11) is 0. The number of pyridine rings is 1. The lowest BCUT2D eigenvalue weighted by atomic mass is 10.2. The predicted octanol–water partition coefficient (Wildman–Crippen LogP) is 4.90. The van der Waals surface area contributed by atoms with Crippen LogP contribution in [0.1, 0.15) is 46.6 Å². The summed E-state index contributed by atoms with van der Waals surface area (Å²) in [5, 5.41) is 5.08. The van der Waals surface area contributed by atoms with E-state index in [9.17, 15) is 4.79 Å². The van der Waals surface area contributed by atoms with Crippen LogP contribution in [0.5, 0.6) is 5.75 Å². The predicted molar refractivity (Wildman–Crippen MR) is 111 cm³/mol. The van der Waals surface area contributed by atoms with E-state index < -0.39 is 0 Å². The summed E-state index contributed by atoms with van der Waals surface area (Å²) in [6, 6.07) is 9.18. The second kappa shape index (κ2) is 8.61. The first-order chi connectivity index (χ1) is 13.4. The van der Waals surface area contributed by atoms with Gasteiger partial charge in [-0.2, -0.15) is 0 Å². The third-order valence-electron chi connectivity index (χ3n) is 4.41. The average molecular weight is 401 g/mol. The molecule has 1 atom stereocenters. The van der Waals surface area contributed by atoms with E-state index in [1.807, 2.05) is 45.0 Å². The van der Waals surface area contributed by atoms with Gasteiger partial charge in [-0.05, 0) is 57.5 Å². The van der Waals surface area contributed by atoms with Crippen LogP contribution in [-0.4, -0.2) is 25.4 Å². The van der Waals surface area contributed by atoms with Crippen LogP contribution in [-0.2, 0) is 0 Å². The highest BCUT2D eigenvalue weighted by atomic mass is 35.5. The van der Waals surface area contributed by atoms with Crippen molar-refractivity contribution in [3.05, 3.63) is 58.2 Å². The molecule has 0 radical (unpaired) electrons. The second-order valence-electron chi connectivity index (χ2n) is 7.04. The molecule has 1 unspecified atom stereocenters. The van der Waals surface area contributed by atoms with Crippen LogP contribution in [0, 0.1) is 0 Å². The SMILES string of the molecule is CCCC(C)n1nc(-c2ccncc2Cl)n(-c2ccc(OC(C)C)cc2)c1=O. The number of nitrogens with zero attached hydrogens (tertiary/aromatic N) is 4. The first-order valence-corrected chi connectivity index (χ1v) is 9.88. The van der Waals surface area contributed by atoms with Gasteiger partial charge in [0, 0.05) is 18.0 Å². The summed E-state index contributed by atoms with van der Waals surface area (Å²) in [6.07, 6.45) is 5.11. The molecule has 0 saturated carbocycles. The minimum Gasteiger partial charge on any atom is -0.491 e. The molecular formula is C21H25ClN4O2. The van der Waals surface area contributed by atoms with Gasteiger partial charge in [0.25, 0.3) is 0 Å². The van der Waals surface area contributed by atoms with Crippen molar-refractivity contribution in [3.8, 4) is 22.8 Å². The maximum absolute atomic E-state index is 13.2. The number of ether oxygens (including phenoxy) is 1. The molecular weight excluding hydrogens is 376 g/mol. The summed E-state index contributed by atoms with van der Waals surface area (Å²) >= 11 is 6.36. The number of halogens is 1. The molecule has 1 aromatic carbocycles. The molecule has 2 aromatic heterocycles. The molecule has 28 heavy (non-hydrogen) atoms. The van der Waals surface area contributed by atoms with E-state index in [1.54, 1.807) is 23.0 Å². The van der Waals surface area contributed by atoms with E-state index in [0.717, 1.165) is 18.6 Å². The quantitative estimate of drug-likeness (QED) is 0.566. The number of rotatable bonds is 7. The number of aromatic nitrogens is 4. The second-order valence-corrected chi connectivity index (χ2v) is 7.45. The monoisotopic (exact) mass is 400 g/mol. The van der Waals surface area contributed by atoms with Gasteiger partial charge in [0.05, 0.1) is 22.9 Å². The molecule has 3 aromatic rings. The molecule has 0 fully saturated rings. The van der Waals surface area contributed by atoms with Gasteiger partial charge >= 0.3 is 5.69 Å². The minimum absolute atomic E-state index is 0.0124. The zero-order valence-electron chi connectivity index (χ0n) is 16.6. The average Bonchev–Trinajstić information content (AvgIpc) is 3.00. The molecule has 0 spiro atoms. The Labute approximate surface area is 169 Å². The molecule has 0 bridgehead atoms. The first-order valence-electron chi connectivity index (χ1n) is 9.51. The van der Waals surface area contributed by atoms with Crippen LogP contribution < -0.4 is 10.4 Å². The van der Waals surface area contributed by atoms with Crippen molar-refractivity contribution in [2.75, 3.05) is 0 Å². The molecule has 0 amide bonds. The number of benzene rings is 1. The largest absolute Gasteiger partial charge is 0.491 e. The van der Waals surface area contributed by atoms with Gasteiger partial charge in [-0.25, -0.2) is 14.0 Å². The van der Waals surface area contributed by atoms with Crippen molar-refractivity contribution in [2.45, 2.75) is 52.7 Å². The van der Waals surface area contributed by atoms with Crippen molar-refractivity contribution in [3.63, 3.8) is 0 Å². The number of hydrogen-bond donors (Lipinski definition) is 0. The van der Waals surface area contributed by atoms with E-state index in [2.05, 4.69) is 17.0 Å². The van der Waals surface area contributed by atoms with Crippen molar-refractivity contribution in [2.24, 2.45) is 0 Å². The zero-order chi connectivity index (χ0) is 20.3. The fourth-order valence-corrected chi connectivity index (χ4v) is 3.32. The highest BCUT2D eigenvalue weighted by molar-refractivity contribution is 6.33. The fraction of sp³-hybridized carbons (Fsp3) is 0.381. The summed E-state index contributed by atoms with van der Waals surface area (Å²) in [5.41, 5.74) is 1.18. The van der Waals surface area contributed by atoms with Crippen LogP contribution in [0.4, 0.5) is 0 Å². The molecule has 3 rings (SSSR count). The summed E-state index contributed by atoms with van der Waals surface area (Å²) in [5.74, 6) is 1.25. The van der Waals surface area contributed by atoms with Gasteiger partial charge < -0.3 is 4.74 Å². The lowest BCUT2D eigenvalue weighted by molar-refractivity contribution is 0.242. The Morgan fingerprint density at radius 2 is 1.86 bits per heavy atom. The van der Waals surface area contributed by atoms with Crippen LogP contribution in [0.25, 0.3) is 17.1 Å². The fourth-order valence-electron chi connectivity index (χ4n) is 3.12. The molecule has 2 heterocycles. The van der Waals surface area contributed by atoms with Gasteiger partial charge in [0.1, 0.15) is 5.75 Å². The normalized spacial score (nSPS) is 12.4. The van der Waals surface area contributed by atoms with Crippen molar-refractivity contribution in [1.82, 2.24) is 19.3 Å². The Balaban J connectivity index is 2.15. The van der Waals surface area contributed by atoms with Crippen LogP contribution in [0.15, 0.2) is 47.5 Å². The Kier molecular flexibility index (Phi) is 6.19. The van der Waals surface area contributed by atoms with Crippen molar-refractivity contribution in [1.29, 1.82) is 0 Å². The molecule has 6 nitrogen and oxygen atoms in total. The third kappa shape index (κ3) is 4.12. The van der Waals surface area contributed by atoms with Crippen molar-refractivity contribution < 1.29 is 4.74 Å². The zero-order valence-corrected chi connectivity index (χ0v) is 17.3. The van der Waals surface area contributed by atoms with Gasteiger partial charge in [-0.15, -0.1) is 5.10 Å². The molecule has 0 N–H and O–H groups in total. The Hall–Kier alpha value is -2.60. The van der Waals surface area contributed by atoms with Gasteiger partial charge in [0.15, 0.2) is 5.82 Å². The molecule has 7 heteroatoms. The van der Waals surface area contributed by atoms with E-state index in [0.29, 0.717) is 22.1 Å². The van der Waals surface area contributed by atoms with Gasteiger partial charge in [-0.3, -0.25) is 4.98 Å². The maximum Gasteiger partial charge on any atom is 0.351 e. The summed E-state index contributed by atoms with van der Waals surface area (Å²) in [4.78, 5) is 17.3. The molecule has 0 aliphatic rings. The van der Waals surface area contributed by atoms with E-state index in [1.165, 1.54) is 4.68 Å². The number of hydrogen-bond acceptors (Lipinski definition) is 4. The first kappa shape index (κ1) is 20.1. The Morgan fingerprint density at radius 1 is 1.14 bits per heavy atom. The van der Waals surface area contributed by atoms with Crippen LogP contribution in [0.3, 0.4) is 0 Å². The topological polar surface area (TPSA) is 61.9 Å². The Bertz CT molecular complexity index is 992. The highest BCUT2D eigenvalue weighted by Crippen LogP contribution is 2.28. The van der Waals surface area contributed by atoms with E-state index >= 15 is 0 Å². The van der Waals surface area contributed by atoms with Crippen LogP contribution >= 0.6 is 11.6 Å². The highest BCUT2D eigenvalue weighted by Gasteiger charge is 2.21. The minimum atomic E-state index is -0.193.